The quantitative estimate of drug-likeness (QED) is 0.587. The van der Waals surface area contributed by atoms with E-state index < -0.39 is 6.04 Å². The molecule has 0 unspecified atom stereocenters. The highest BCUT2D eigenvalue weighted by Gasteiger charge is 2.58. The van der Waals surface area contributed by atoms with Crippen LogP contribution in [0.5, 0.6) is 0 Å². The van der Waals surface area contributed by atoms with E-state index in [1.165, 1.54) is 4.90 Å². The number of hydrogen-bond acceptors (Lipinski definition) is 3. The van der Waals surface area contributed by atoms with E-state index in [9.17, 15) is 14.4 Å². The van der Waals surface area contributed by atoms with Gasteiger partial charge in [-0.15, -0.1) is 0 Å². The summed E-state index contributed by atoms with van der Waals surface area (Å²) in [5.74, 6) is -0.736. The van der Waals surface area contributed by atoms with Gasteiger partial charge in [-0.3, -0.25) is 19.3 Å². The first-order valence-corrected chi connectivity index (χ1v) is 11.0. The molecule has 5 heteroatoms. The minimum absolute atomic E-state index is 0.0393. The summed E-state index contributed by atoms with van der Waals surface area (Å²) in [6, 6.07) is 16.4. The van der Waals surface area contributed by atoms with Crippen molar-refractivity contribution in [2.45, 2.75) is 32.2 Å². The summed E-state index contributed by atoms with van der Waals surface area (Å²) in [5.41, 5.74) is 2.62. The van der Waals surface area contributed by atoms with Crippen LogP contribution in [0.15, 0.2) is 66.7 Å². The zero-order valence-electron chi connectivity index (χ0n) is 17.5. The lowest BCUT2D eigenvalue weighted by Gasteiger charge is -2.38. The Bertz CT molecular complexity index is 1010. The third-order valence-corrected chi connectivity index (χ3v) is 7.00. The molecule has 6 rings (SSSR count). The molecule has 3 aliphatic carbocycles. The molecular formula is C26H26N2O3. The third kappa shape index (κ3) is 3.48. The van der Waals surface area contributed by atoms with Crippen molar-refractivity contribution in [1.29, 1.82) is 0 Å². The number of aryl methyl sites for hydroxylation is 1. The summed E-state index contributed by atoms with van der Waals surface area (Å²) in [4.78, 5) is 41.3. The molecule has 1 aliphatic heterocycles. The van der Waals surface area contributed by atoms with E-state index in [4.69, 9.17) is 0 Å². The van der Waals surface area contributed by atoms with Gasteiger partial charge in [-0.25, -0.2) is 0 Å². The average molecular weight is 415 g/mol. The van der Waals surface area contributed by atoms with Crippen LogP contribution < -0.4 is 5.32 Å². The maximum atomic E-state index is 13.5. The second-order valence-electron chi connectivity index (χ2n) is 8.93. The lowest BCUT2D eigenvalue weighted by molar-refractivity contribution is -0.143. The normalized spacial score (nSPS) is 27.3. The van der Waals surface area contributed by atoms with Gasteiger partial charge in [-0.05, 0) is 49.3 Å². The van der Waals surface area contributed by atoms with Crippen LogP contribution in [0.2, 0.25) is 0 Å². The molecule has 2 aromatic carbocycles. The van der Waals surface area contributed by atoms with Crippen LogP contribution in [-0.4, -0.2) is 22.6 Å². The first-order chi connectivity index (χ1) is 15.0. The molecule has 1 saturated heterocycles. The molecule has 1 N–H and O–H groups in total. The van der Waals surface area contributed by atoms with Crippen LogP contribution >= 0.6 is 0 Å². The van der Waals surface area contributed by atoms with E-state index in [0.717, 1.165) is 24.0 Å². The molecule has 5 nitrogen and oxygen atoms in total. The predicted molar refractivity (Wildman–Crippen MR) is 118 cm³/mol. The Labute approximate surface area is 182 Å². The van der Waals surface area contributed by atoms with Crippen LogP contribution in [-0.2, 0) is 14.4 Å². The van der Waals surface area contributed by atoms with Crippen molar-refractivity contribution in [3.8, 4) is 0 Å². The Morgan fingerprint density at radius 1 is 0.935 bits per heavy atom. The highest BCUT2D eigenvalue weighted by Crippen LogP contribution is 2.51. The number of benzene rings is 2. The Morgan fingerprint density at radius 2 is 1.52 bits per heavy atom. The summed E-state index contributed by atoms with van der Waals surface area (Å²) in [6.45, 7) is 1.99. The van der Waals surface area contributed by atoms with E-state index in [1.807, 2.05) is 61.5 Å². The van der Waals surface area contributed by atoms with E-state index in [1.54, 1.807) is 0 Å². The van der Waals surface area contributed by atoms with Gasteiger partial charge in [-0.1, -0.05) is 60.2 Å². The average Bonchev–Trinajstić information content (AvgIpc) is 3.07. The van der Waals surface area contributed by atoms with Gasteiger partial charge in [0.15, 0.2) is 0 Å². The summed E-state index contributed by atoms with van der Waals surface area (Å²) in [5, 5.41) is 2.91. The monoisotopic (exact) mass is 414 g/mol. The van der Waals surface area contributed by atoms with Gasteiger partial charge < -0.3 is 5.32 Å². The van der Waals surface area contributed by atoms with E-state index >= 15 is 0 Å². The first-order valence-electron chi connectivity index (χ1n) is 11.0. The van der Waals surface area contributed by atoms with Gasteiger partial charge in [0.1, 0.15) is 0 Å². The lowest BCUT2D eigenvalue weighted by Crippen LogP contribution is -2.38. The molecule has 2 fully saturated rings. The van der Waals surface area contributed by atoms with Crippen molar-refractivity contribution in [3.05, 3.63) is 77.9 Å². The number of amides is 3. The number of allylic oxidation sites excluding steroid dienone is 2. The Morgan fingerprint density at radius 3 is 2.06 bits per heavy atom. The SMILES string of the molecule is Cc1ccc(NC(=O)C[C@@H](c2ccccc2)N2C(=O)[C@@H]3[C@H](C2=O)[C@H]2C=C[C@H]3CC2)cc1. The third-order valence-electron chi connectivity index (χ3n) is 7.00. The highest BCUT2D eigenvalue weighted by molar-refractivity contribution is 6.07. The molecule has 1 saturated carbocycles. The topological polar surface area (TPSA) is 66.5 Å². The Kier molecular flexibility index (Phi) is 4.97. The van der Waals surface area contributed by atoms with Gasteiger partial charge in [0.05, 0.1) is 24.3 Å². The zero-order valence-corrected chi connectivity index (χ0v) is 17.5. The number of carbonyl (C=O) groups is 3. The molecule has 0 radical (unpaired) electrons. The van der Waals surface area contributed by atoms with Crippen LogP contribution in [0.25, 0.3) is 0 Å². The van der Waals surface area contributed by atoms with Crippen molar-refractivity contribution >= 4 is 23.4 Å². The molecule has 4 aliphatic rings. The molecule has 2 aromatic rings. The summed E-state index contributed by atoms with van der Waals surface area (Å²) >= 11 is 0. The van der Waals surface area contributed by atoms with Crippen LogP contribution in [0.1, 0.15) is 36.4 Å². The summed E-state index contributed by atoms with van der Waals surface area (Å²) in [6.07, 6.45) is 6.19. The maximum Gasteiger partial charge on any atom is 0.234 e. The molecule has 1 heterocycles. The number of hydrogen-bond donors (Lipinski definition) is 1. The van der Waals surface area contributed by atoms with Gasteiger partial charge in [0, 0.05) is 5.69 Å². The Hall–Kier alpha value is -3.21. The number of nitrogens with zero attached hydrogens (tertiary/aromatic N) is 1. The summed E-state index contributed by atoms with van der Waals surface area (Å²) in [7, 11) is 0. The van der Waals surface area contributed by atoms with Crippen molar-refractivity contribution < 1.29 is 14.4 Å². The molecule has 3 amide bonds. The number of nitrogens with one attached hydrogen (secondary N) is 1. The minimum atomic E-state index is -0.600. The number of likely N-dealkylation sites (tertiary alicyclic amines) is 1. The fraction of sp³-hybridized carbons (Fsp3) is 0.346. The predicted octanol–water partition coefficient (Wildman–Crippen LogP) is 4.26. The molecule has 5 atom stereocenters. The number of rotatable bonds is 5. The van der Waals surface area contributed by atoms with Crippen LogP contribution in [0.4, 0.5) is 5.69 Å². The minimum Gasteiger partial charge on any atom is -0.326 e. The van der Waals surface area contributed by atoms with E-state index in [2.05, 4.69) is 17.5 Å². The molecule has 2 bridgehead atoms. The molecular weight excluding hydrogens is 388 g/mol. The number of anilines is 1. The van der Waals surface area contributed by atoms with Crippen LogP contribution in [0, 0.1) is 30.6 Å². The van der Waals surface area contributed by atoms with E-state index in [-0.39, 0.29) is 47.8 Å². The second kappa shape index (κ2) is 7.80. The standard InChI is InChI=1S/C26H26N2O3/c1-16-7-13-20(14-8-16)27-22(29)15-21(17-5-3-2-4-6-17)28-25(30)23-18-9-10-19(12-11-18)24(23)26(28)31/h2-10,13-14,18-19,21,23-24H,11-12,15H2,1H3,(H,27,29)/t18-,19-,21-,23-,24+/m0/s1. The molecule has 0 spiro atoms. The number of fused-ring (bicyclic) bond motifs is 1. The van der Waals surface area contributed by atoms with Gasteiger partial charge in [-0.2, -0.15) is 0 Å². The van der Waals surface area contributed by atoms with E-state index in [0.29, 0.717) is 5.69 Å². The number of imide groups is 1. The Balaban J connectivity index is 1.43. The van der Waals surface area contributed by atoms with Crippen LogP contribution in [0.3, 0.4) is 0 Å². The van der Waals surface area contributed by atoms with Crippen molar-refractivity contribution in [2.75, 3.05) is 5.32 Å². The molecule has 0 aromatic heterocycles. The maximum absolute atomic E-state index is 13.5. The molecule has 158 valence electrons. The van der Waals surface area contributed by atoms with Crippen molar-refractivity contribution in [3.63, 3.8) is 0 Å². The van der Waals surface area contributed by atoms with Crippen molar-refractivity contribution in [2.24, 2.45) is 23.7 Å². The van der Waals surface area contributed by atoms with Crippen molar-refractivity contribution in [1.82, 2.24) is 4.90 Å². The fourth-order valence-electron chi connectivity index (χ4n) is 5.46. The van der Waals surface area contributed by atoms with Gasteiger partial charge in [0.25, 0.3) is 0 Å². The second-order valence-corrected chi connectivity index (χ2v) is 8.93. The highest BCUT2D eigenvalue weighted by atomic mass is 16.2. The zero-order chi connectivity index (χ0) is 21.5. The lowest BCUT2D eigenvalue weighted by atomic mass is 9.63. The first kappa shape index (κ1) is 19.7. The largest absolute Gasteiger partial charge is 0.326 e. The van der Waals surface area contributed by atoms with Gasteiger partial charge >= 0.3 is 0 Å². The fourth-order valence-corrected chi connectivity index (χ4v) is 5.46. The van der Waals surface area contributed by atoms with Gasteiger partial charge in [0.2, 0.25) is 17.7 Å². The smallest absolute Gasteiger partial charge is 0.234 e. The summed E-state index contributed by atoms with van der Waals surface area (Å²) < 4.78 is 0. The molecule has 31 heavy (non-hydrogen) atoms. The number of carbonyl (C=O) groups excluding carboxylic acids is 3.